The summed E-state index contributed by atoms with van der Waals surface area (Å²) in [6.45, 7) is 1.62. The van der Waals surface area contributed by atoms with Crippen LogP contribution < -0.4 is 10.6 Å². The third-order valence-electron chi connectivity index (χ3n) is 7.96. The first kappa shape index (κ1) is 25.7. The highest BCUT2D eigenvalue weighted by Gasteiger charge is 2.58. The minimum absolute atomic E-state index is 0.161. The molecule has 7 heteroatoms. The van der Waals surface area contributed by atoms with Crippen molar-refractivity contribution in [2.24, 2.45) is 23.7 Å². The Balaban J connectivity index is 1.52. The number of benzene rings is 3. The fraction of sp³-hybridized carbons (Fsp3) is 0.323. The number of likely N-dealkylation sites (tertiary alicyclic amines) is 1. The topological polar surface area (TPSA) is 98.7 Å². The normalized spacial score (nSPS) is 25.2. The number of fused-ring (bicyclic) bond motifs is 2. The summed E-state index contributed by atoms with van der Waals surface area (Å²) in [5, 5.41) is 18.2. The maximum absolute atomic E-state index is 14.1. The van der Waals surface area contributed by atoms with Gasteiger partial charge < -0.3 is 20.6 Å². The number of anilines is 1. The van der Waals surface area contributed by atoms with Crippen molar-refractivity contribution in [3.8, 4) is 0 Å². The minimum atomic E-state index is -0.865. The molecule has 1 aliphatic carbocycles. The molecule has 1 heterocycles. The van der Waals surface area contributed by atoms with Crippen molar-refractivity contribution >= 4 is 34.2 Å². The molecule has 1 saturated heterocycles. The van der Waals surface area contributed by atoms with Crippen LogP contribution in [0, 0.1) is 23.7 Å². The van der Waals surface area contributed by atoms with Crippen LogP contribution in [0.25, 0.3) is 10.8 Å². The van der Waals surface area contributed by atoms with E-state index in [-0.39, 0.29) is 30.2 Å². The van der Waals surface area contributed by atoms with E-state index >= 15 is 0 Å². The molecule has 7 nitrogen and oxygen atoms in total. The van der Waals surface area contributed by atoms with Gasteiger partial charge >= 0.3 is 0 Å². The van der Waals surface area contributed by atoms with E-state index in [0.717, 1.165) is 16.3 Å². The second-order valence-corrected chi connectivity index (χ2v) is 10.3. The molecular weight excluding hydrogens is 478 g/mol. The van der Waals surface area contributed by atoms with Gasteiger partial charge in [-0.2, -0.15) is 0 Å². The first-order chi connectivity index (χ1) is 18.4. The Labute approximate surface area is 222 Å². The standard InChI is InChI=1S/C31H33N3O4/c1-19-12-15-25-27(26(19)29(36)32-2)31(38)34(24(18-35)16-20-8-4-3-5-9-20)28(25)30(37)33-23-14-13-21-10-6-7-11-22(21)17-23/h3-15,17,19,24-28,35H,16,18H2,1-2H3,(H,32,36)(H,33,37)/t19-,24-,25+,26-,27-,28+/m1/s1. The van der Waals surface area contributed by atoms with Crippen molar-refractivity contribution in [2.75, 3.05) is 19.0 Å². The fourth-order valence-electron chi connectivity index (χ4n) is 6.12. The van der Waals surface area contributed by atoms with E-state index in [1.807, 2.05) is 91.9 Å². The summed E-state index contributed by atoms with van der Waals surface area (Å²) >= 11 is 0. The Hall–Kier alpha value is -3.97. The molecule has 5 rings (SSSR count). The van der Waals surface area contributed by atoms with Gasteiger partial charge in [0.15, 0.2) is 0 Å². The largest absolute Gasteiger partial charge is 0.394 e. The Kier molecular flexibility index (Phi) is 7.29. The SMILES string of the molecule is CNC(=O)[C@H]1[C@@H]2C(=O)N([C@@H](CO)Cc3ccccc3)[C@H](C(=O)Nc3ccc4ccccc4c3)[C@H]2C=C[C@H]1C. The van der Waals surface area contributed by atoms with E-state index in [4.69, 9.17) is 0 Å². The lowest BCUT2D eigenvalue weighted by atomic mass is 9.70. The molecule has 0 spiro atoms. The van der Waals surface area contributed by atoms with Gasteiger partial charge in [0, 0.05) is 18.7 Å². The first-order valence-electron chi connectivity index (χ1n) is 13.1. The molecule has 0 bridgehead atoms. The van der Waals surface area contributed by atoms with E-state index in [1.54, 1.807) is 7.05 Å². The minimum Gasteiger partial charge on any atom is -0.394 e. The zero-order valence-electron chi connectivity index (χ0n) is 21.6. The third kappa shape index (κ3) is 4.70. The molecule has 3 aromatic carbocycles. The van der Waals surface area contributed by atoms with E-state index < -0.39 is 29.8 Å². The molecule has 0 unspecified atom stereocenters. The molecule has 1 aliphatic heterocycles. The molecule has 2 aliphatic rings. The average Bonchev–Trinajstić information content (AvgIpc) is 3.23. The highest BCUT2D eigenvalue weighted by Crippen LogP contribution is 2.45. The van der Waals surface area contributed by atoms with Crippen LogP contribution >= 0.6 is 0 Å². The fourth-order valence-corrected chi connectivity index (χ4v) is 6.12. The molecule has 38 heavy (non-hydrogen) atoms. The summed E-state index contributed by atoms with van der Waals surface area (Å²) < 4.78 is 0. The number of aliphatic hydroxyl groups is 1. The summed E-state index contributed by atoms with van der Waals surface area (Å²) in [4.78, 5) is 42.5. The number of aliphatic hydroxyl groups excluding tert-OH is 1. The summed E-state index contributed by atoms with van der Waals surface area (Å²) in [7, 11) is 1.56. The van der Waals surface area contributed by atoms with Crippen molar-refractivity contribution in [2.45, 2.75) is 25.4 Å². The van der Waals surface area contributed by atoms with Crippen LogP contribution in [0.1, 0.15) is 12.5 Å². The average molecular weight is 512 g/mol. The monoisotopic (exact) mass is 511 g/mol. The highest BCUT2D eigenvalue weighted by molar-refractivity contribution is 6.03. The number of rotatable bonds is 7. The van der Waals surface area contributed by atoms with Crippen LogP contribution in [-0.4, -0.2) is 53.5 Å². The molecule has 0 radical (unpaired) electrons. The molecule has 196 valence electrons. The maximum Gasteiger partial charge on any atom is 0.247 e. The zero-order chi connectivity index (χ0) is 26.8. The summed E-state index contributed by atoms with van der Waals surface area (Å²) in [5.41, 5.74) is 1.58. The zero-order valence-corrected chi connectivity index (χ0v) is 21.6. The number of carbonyl (C=O) groups excluding carboxylic acids is 3. The second kappa shape index (κ2) is 10.8. The third-order valence-corrected chi connectivity index (χ3v) is 7.96. The molecule has 1 fully saturated rings. The molecule has 3 aromatic rings. The van der Waals surface area contributed by atoms with Gasteiger partial charge in [-0.3, -0.25) is 14.4 Å². The van der Waals surface area contributed by atoms with Crippen molar-refractivity contribution < 1.29 is 19.5 Å². The van der Waals surface area contributed by atoms with E-state index in [0.29, 0.717) is 12.1 Å². The van der Waals surface area contributed by atoms with Crippen LogP contribution in [0.3, 0.4) is 0 Å². The first-order valence-corrected chi connectivity index (χ1v) is 13.1. The van der Waals surface area contributed by atoms with Crippen molar-refractivity contribution in [3.63, 3.8) is 0 Å². The second-order valence-electron chi connectivity index (χ2n) is 10.3. The predicted molar refractivity (Wildman–Crippen MR) is 147 cm³/mol. The number of hydrogen-bond donors (Lipinski definition) is 3. The Morgan fingerprint density at radius 3 is 2.37 bits per heavy atom. The molecular formula is C31H33N3O4. The molecule has 3 amide bonds. The lowest BCUT2D eigenvalue weighted by Gasteiger charge is -2.33. The number of nitrogens with one attached hydrogen (secondary N) is 2. The molecule has 3 N–H and O–H groups in total. The van der Waals surface area contributed by atoms with Gasteiger partial charge in [0.1, 0.15) is 6.04 Å². The maximum atomic E-state index is 14.1. The van der Waals surface area contributed by atoms with Gasteiger partial charge in [0.25, 0.3) is 0 Å². The number of hydrogen-bond acceptors (Lipinski definition) is 4. The molecule has 0 aromatic heterocycles. The molecule has 6 atom stereocenters. The van der Waals surface area contributed by atoms with Crippen LogP contribution in [-0.2, 0) is 20.8 Å². The van der Waals surface area contributed by atoms with Crippen molar-refractivity contribution in [3.05, 3.63) is 90.5 Å². The summed E-state index contributed by atoms with van der Waals surface area (Å²) in [5.74, 6) is -2.76. The number of allylic oxidation sites excluding steroid dienone is 1. The van der Waals surface area contributed by atoms with Crippen molar-refractivity contribution in [1.29, 1.82) is 0 Å². The quantitative estimate of drug-likeness (QED) is 0.424. The van der Waals surface area contributed by atoms with Gasteiger partial charge in [-0.15, -0.1) is 0 Å². The lowest BCUT2D eigenvalue weighted by Crippen LogP contribution is -2.51. The van der Waals surface area contributed by atoms with Crippen LogP contribution in [0.2, 0.25) is 0 Å². The van der Waals surface area contributed by atoms with Gasteiger partial charge in [0.2, 0.25) is 17.7 Å². The van der Waals surface area contributed by atoms with Gasteiger partial charge in [-0.05, 0) is 40.8 Å². The molecule has 0 saturated carbocycles. The predicted octanol–water partition coefficient (Wildman–Crippen LogP) is 3.39. The van der Waals surface area contributed by atoms with Crippen LogP contribution in [0.15, 0.2) is 84.9 Å². The highest BCUT2D eigenvalue weighted by atomic mass is 16.3. The summed E-state index contributed by atoms with van der Waals surface area (Å²) in [6.07, 6.45) is 4.24. The van der Waals surface area contributed by atoms with Gasteiger partial charge in [-0.1, -0.05) is 79.7 Å². The van der Waals surface area contributed by atoms with Gasteiger partial charge in [-0.25, -0.2) is 0 Å². The summed E-state index contributed by atoms with van der Waals surface area (Å²) in [6, 6.07) is 21.7. The Bertz CT molecular complexity index is 1370. The number of amides is 3. The number of nitrogens with zero attached hydrogens (tertiary/aromatic N) is 1. The van der Waals surface area contributed by atoms with Crippen molar-refractivity contribution in [1.82, 2.24) is 10.2 Å². The van der Waals surface area contributed by atoms with Crippen LogP contribution in [0.4, 0.5) is 5.69 Å². The smallest absolute Gasteiger partial charge is 0.247 e. The van der Waals surface area contributed by atoms with E-state index in [1.165, 1.54) is 4.90 Å². The lowest BCUT2D eigenvalue weighted by molar-refractivity contribution is -0.142. The van der Waals surface area contributed by atoms with Crippen LogP contribution in [0.5, 0.6) is 0 Å². The Morgan fingerprint density at radius 2 is 1.66 bits per heavy atom. The van der Waals surface area contributed by atoms with E-state index in [2.05, 4.69) is 10.6 Å². The van der Waals surface area contributed by atoms with Gasteiger partial charge in [0.05, 0.1) is 24.5 Å². The number of carbonyl (C=O) groups is 3. The van der Waals surface area contributed by atoms with E-state index in [9.17, 15) is 19.5 Å². The Morgan fingerprint density at radius 1 is 0.947 bits per heavy atom.